The molecule has 28 heavy (non-hydrogen) atoms. The summed E-state index contributed by atoms with van der Waals surface area (Å²) in [4.78, 5) is 19.5. The van der Waals surface area contributed by atoms with E-state index in [4.69, 9.17) is 16.3 Å². The molecule has 0 aliphatic heterocycles. The third-order valence-corrected chi connectivity index (χ3v) is 4.33. The molecule has 150 valence electrons. The molecule has 1 N–H and O–H groups in total. The molecule has 0 radical (unpaired) electrons. The molecule has 1 amide bonds. The summed E-state index contributed by atoms with van der Waals surface area (Å²) in [6.45, 7) is 1.30. The van der Waals surface area contributed by atoms with Crippen molar-refractivity contribution in [3.63, 3.8) is 0 Å². The normalized spacial score (nSPS) is 11.1. The first-order chi connectivity index (χ1) is 13.4. The quantitative estimate of drug-likeness (QED) is 0.571. The average Bonchev–Trinajstić information content (AvgIpc) is 2.66. The summed E-state index contributed by atoms with van der Waals surface area (Å²) >= 11 is 6.06. The highest BCUT2D eigenvalue weighted by Crippen LogP contribution is 2.14. The van der Waals surface area contributed by atoms with Crippen molar-refractivity contribution < 1.29 is 9.53 Å². The van der Waals surface area contributed by atoms with Crippen LogP contribution in [0.4, 0.5) is 0 Å². The Hall–Kier alpha value is -2.73. The number of hydrogen-bond acceptors (Lipinski definition) is 3. The molecule has 0 saturated carbocycles. The fourth-order valence-electron chi connectivity index (χ4n) is 2.57. The highest BCUT2D eigenvalue weighted by molar-refractivity contribution is 6.30. The number of guanidine groups is 1. The Balaban J connectivity index is 1.92. The number of aliphatic imine (C=N–C) groups is 1. The second kappa shape index (κ2) is 10.6. The van der Waals surface area contributed by atoms with Crippen LogP contribution in [0.25, 0.3) is 0 Å². The summed E-state index contributed by atoms with van der Waals surface area (Å²) in [5.74, 6) is 1.36. The standard InChI is InChI=1S/C21H27ClN4O2/c1-23-21(26(4)14-17-8-5-9-18(22)11-17)24-13-16-7-6-10-19(12-16)28-15-20(27)25(2)3/h5-12H,13-15H2,1-4H3,(H,23,24). The lowest BCUT2D eigenvalue weighted by molar-refractivity contribution is -0.130. The van der Waals surface area contributed by atoms with Crippen LogP contribution in [-0.4, -0.2) is 56.5 Å². The van der Waals surface area contributed by atoms with Crippen LogP contribution in [0.2, 0.25) is 5.02 Å². The number of likely N-dealkylation sites (N-methyl/N-ethyl adjacent to an activating group) is 1. The Bertz CT molecular complexity index is 824. The third-order valence-electron chi connectivity index (χ3n) is 4.09. The van der Waals surface area contributed by atoms with E-state index in [-0.39, 0.29) is 12.5 Å². The van der Waals surface area contributed by atoms with Gasteiger partial charge in [0.2, 0.25) is 0 Å². The van der Waals surface area contributed by atoms with E-state index >= 15 is 0 Å². The lowest BCUT2D eigenvalue weighted by atomic mass is 10.2. The topological polar surface area (TPSA) is 57.2 Å². The number of carbonyl (C=O) groups excluding carboxylic acids is 1. The largest absolute Gasteiger partial charge is 0.484 e. The molecular weight excluding hydrogens is 376 g/mol. The van der Waals surface area contributed by atoms with Crippen molar-refractivity contribution in [2.24, 2.45) is 4.99 Å². The summed E-state index contributed by atoms with van der Waals surface area (Å²) < 4.78 is 5.57. The number of amides is 1. The zero-order valence-corrected chi connectivity index (χ0v) is 17.5. The maximum absolute atomic E-state index is 11.7. The molecule has 0 fully saturated rings. The van der Waals surface area contributed by atoms with Crippen molar-refractivity contribution >= 4 is 23.5 Å². The van der Waals surface area contributed by atoms with E-state index in [1.54, 1.807) is 21.1 Å². The summed E-state index contributed by atoms with van der Waals surface area (Å²) in [6.07, 6.45) is 0. The summed E-state index contributed by atoms with van der Waals surface area (Å²) in [5.41, 5.74) is 2.14. The molecule has 0 unspecified atom stereocenters. The second-order valence-corrected chi connectivity index (χ2v) is 7.05. The third kappa shape index (κ3) is 6.78. The van der Waals surface area contributed by atoms with E-state index < -0.39 is 0 Å². The number of halogens is 1. The van der Waals surface area contributed by atoms with Gasteiger partial charge in [-0.05, 0) is 35.4 Å². The van der Waals surface area contributed by atoms with E-state index in [1.165, 1.54) is 4.90 Å². The molecule has 6 nitrogen and oxygen atoms in total. The summed E-state index contributed by atoms with van der Waals surface area (Å²) in [6, 6.07) is 15.4. The van der Waals surface area contributed by atoms with Gasteiger partial charge >= 0.3 is 0 Å². The first kappa shape index (κ1) is 21.6. The number of carbonyl (C=O) groups is 1. The molecule has 0 aromatic heterocycles. The highest BCUT2D eigenvalue weighted by atomic mass is 35.5. The van der Waals surface area contributed by atoms with E-state index in [1.807, 2.05) is 60.5 Å². The van der Waals surface area contributed by atoms with Gasteiger partial charge in [0.25, 0.3) is 5.91 Å². The molecule has 0 saturated heterocycles. The maximum Gasteiger partial charge on any atom is 0.259 e. The predicted octanol–water partition coefficient (Wildman–Crippen LogP) is 3.01. The van der Waals surface area contributed by atoms with Gasteiger partial charge in [0.1, 0.15) is 5.75 Å². The van der Waals surface area contributed by atoms with Crippen molar-refractivity contribution in [3.8, 4) is 5.75 Å². The Morgan fingerprint density at radius 1 is 1.11 bits per heavy atom. The van der Waals surface area contributed by atoms with Gasteiger partial charge in [-0.3, -0.25) is 9.79 Å². The molecule has 0 aliphatic carbocycles. The first-order valence-electron chi connectivity index (χ1n) is 8.97. The number of nitrogens with zero attached hydrogens (tertiary/aromatic N) is 3. The Morgan fingerprint density at radius 2 is 1.82 bits per heavy atom. The van der Waals surface area contributed by atoms with Crippen molar-refractivity contribution in [2.75, 3.05) is 34.8 Å². The lowest BCUT2D eigenvalue weighted by Gasteiger charge is -2.22. The molecule has 0 spiro atoms. The second-order valence-electron chi connectivity index (χ2n) is 6.61. The van der Waals surface area contributed by atoms with Gasteiger partial charge in [-0.25, -0.2) is 0 Å². The van der Waals surface area contributed by atoms with E-state index in [9.17, 15) is 4.79 Å². The van der Waals surface area contributed by atoms with Gasteiger partial charge in [0.15, 0.2) is 12.6 Å². The average molecular weight is 403 g/mol. The van der Waals surface area contributed by atoms with Crippen LogP contribution in [0, 0.1) is 0 Å². The van der Waals surface area contributed by atoms with Crippen molar-refractivity contribution in [1.82, 2.24) is 15.1 Å². The minimum atomic E-state index is -0.0772. The zero-order chi connectivity index (χ0) is 20.5. The SMILES string of the molecule is CN=C(NCc1cccc(OCC(=O)N(C)C)c1)N(C)Cc1cccc(Cl)c1. The van der Waals surface area contributed by atoms with Gasteiger partial charge in [-0.1, -0.05) is 35.9 Å². The van der Waals surface area contributed by atoms with E-state index in [0.717, 1.165) is 22.1 Å². The molecule has 2 aromatic carbocycles. The van der Waals surface area contributed by atoms with Crippen LogP contribution >= 0.6 is 11.6 Å². The number of rotatable bonds is 7. The number of benzene rings is 2. The van der Waals surface area contributed by atoms with Crippen molar-refractivity contribution in [2.45, 2.75) is 13.1 Å². The Morgan fingerprint density at radius 3 is 2.50 bits per heavy atom. The van der Waals surface area contributed by atoms with Gasteiger partial charge in [0.05, 0.1) is 0 Å². The van der Waals surface area contributed by atoms with Gasteiger partial charge < -0.3 is 19.9 Å². The number of nitrogens with one attached hydrogen (secondary N) is 1. The van der Waals surface area contributed by atoms with Crippen molar-refractivity contribution in [1.29, 1.82) is 0 Å². The summed E-state index contributed by atoms with van der Waals surface area (Å²) in [5, 5.41) is 4.06. The number of ether oxygens (including phenoxy) is 1. The van der Waals surface area contributed by atoms with Crippen LogP contribution < -0.4 is 10.1 Å². The van der Waals surface area contributed by atoms with Gasteiger partial charge in [-0.15, -0.1) is 0 Å². The first-order valence-corrected chi connectivity index (χ1v) is 9.35. The van der Waals surface area contributed by atoms with Crippen LogP contribution in [-0.2, 0) is 17.9 Å². The van der Waals surface area contributed by atoms with Gasteiger partial charge in [-0.2, -0.15) is 0 Å². The minimum absolute atomic E-state index is 0.0217. The molecule has 2 aromatic rings. The molecular formula is C21H27ClN4O2. The molecule has 0 heterocycles. The molecule has 0 atom stereocenters. The van der Waals surface area contributed by atoms with E-state index in [0.29, 0.717) is 18.8 Å². The van der Waals surface area contributed by atoms with Crippen LogP contribution in [0.5, 0.6) is 5.75 Å². The fourth-order valence-corrected chi connectivity index (χ4v) is 2.78. The van der Waals surface area contributed by atoms with Crippen LogP contribution in [0.3, 0.4) is 0 Å². The maximum atomic E-state index is 11.7. The Kier molecular flexibility index (Phi) is 8.14. The lowest BCUT2D eigenvalue weighted by Crippen LogP contribution is -2.38. The Labute approximate surface area is 171 Å². The monoisotopic (exact) mass is 402 g/mol. The summed E-state index contributed by atoms with van der Waals surface area (Å²) in [7, 11) is 7.14. The van der Waals surface area contributed by atoms with Crippen molar-refractivity contribution in [3.05, 3.63) is 64.7 Å². The molecule has 0 aliphatic rings. The highest BCUT2D eigenvalue weighted by Gasteiger charge is 2.08. The minimum Gasteiger partial charge on any atom is -0.484 e. The zero-order valence-electron chi connectivity index (χ0n) is 16.8. The molecule has 7 heteroatoms. The van der Waals surface area contributed by atoms with Crippen LogP contribution in [0.1, 0.15) is 11.1 Å². The molecule has 2 rings (SSSR count). The van der Waals surface area contributed by atoms with Crippen LogP contribution in [0.15, 0.2) is 53.5 Å². The van der Waals surface area contributed by atoms with Gasteiger partial charge in [0, 0.05) is 46.3 Å². The fraction of sp³-hybridized carbons (Fsp3) is 0.333. The number of hydrogen-bond donors (Lipinski definition) is 1. The molecule has 0 bridgehead atoms. The predicted molar refractivity (Wildman–Crippen MR) is 114 cm³/mol. The van der Waals surface area contributed by atoms with E-state index in [2.05, 4.69) is 10.3 Å². The smallest absolute Gasteiger partial charge is 0.259 e.